The van der Waals surface area contributed by atoms with Crippen molar-refractivity contribution >= 4 is 35.8 Å². The van der Waals surface area contributed by atoms with Gasteiger partial charge in [-0.25, -0.2) is 0 Å². The van der Waals surface area contributed by atoms with Gasteiger partial charge in [0.25, 0.3) is 0 Å². The summed E-state index contributed by atoms with van der Waals surface area (Å²) in [4.78, 5) is 72.4. The summed E-state index contributed by atoms with van der Waals surface area (Å²) in [6.45, 7) is 0. The molecule has 12 nitrogen and oxygen atoms in total. The summed E-state index contributed by atoms with van der Waals surface area (Å²) in [5, 5.41) is 59.0. The Morgan fingerprint density at radius 2 is 0.356 bits per heavy atom. The standard InChI is InChI=1S/C33H54O12/c34-25(35)31(26(36)37)19-13-7-1-2-8-14-20-32(27(38)39,28(40)41)22-16-10-5-6-12-18-24-33(29(42)43,30(44)45)23-17-11-4-3-9-15-21-31/h1-24H2,(H,34,35)(H,36,37)(H,38,39)(H,40,41)(H,42,43)(H,44,45). The van der Waals surface area contributed by atoms with E-state index in [0.29, 0.717) is 116 Å². The van der Waals surface area contributed by atoms with E-state index in [4.69, 9.17) is 0 Å². The molecule has 0 aromatic rings. The Hall–Kier alpha value is -3.18. The van der Waals surface area contributed by atoms with Crippen LogP contribution in [0.5, 0.6) is 0 Å². The van der Waals surface area contributed by atoms with E-state index in [9.17, 15) is 59.4 Å². The van der Waals surface area contributed by atoms with Crippen LogP contribution in [0, 0.1) is 16.2 Å². The summed E-state index contributed by atoms with van der Waals surface area (Å²) in [6.07, 6.45) is 10.2. The fraction of sp³-hybridized carbons (Fsp3) is 0.818. The zero-order valence-corrected chi connectivity index (χ0v) is 26.6. The lowest BCUT2D eigenvalue weighted by atomic mass is 9.77. The molecule has 1 saturated carbocycles. The van der Waals surface area contributed by atoms with Gasteiger partial charge in [-0.3, -0.25) is 28.8 Å². The third-order valence-electron chi connectivity index (χ3n) is 9.83. The van der Waals surface area contributed by atoms with Crippen molar-refractivity contribution in [1.82, 2.24) is 0 Å². The first-order chi connectivity index (χ1) is 21.3. The Labute approximate surface area is 265 Å². The molecule has 0 heterocycles. The lowest BCUT2D eigenvalue weighted by Crippen LogP contribution is -2.39. The molecule has 1 aliphatic carbocycles. The van der Waals surface area contributed by atoms with Crippen molar-refractivity contribution in [2.45, 2.75) is 154 Å². The van der Waals surface area contributed by atoms with Crippen LogP contribution in [0.2, 0.25) is 0 Å². The second-order valence-corrected chi connectivity index (χ2v) is 12.9. The Bertz CT molecular complexity index is 787. The maximum Gasteiger partial charge on any atom is 0.321 e. The highest BCUT2D eigenvalue weighted by molar-refractivity contribution is 5.99. The minimum atomic E-state index is -1.88. The van der Waals surface area contributed by atoms with E-state index in [-0.39, 0.29) is 38.5 Å². The van der Waals surface area contributed by atoms with Crippen LogP contribution in [0.1, 0.15) is 154 Å². The summed E-state index contributed by atoms with van der Waals surface area (Å²) in [6, 6.07) is 0. The van der Waals surface area contributed by atoms with Crippen LogP contribution in [-0.2, 0) is 28.8 Å². The Morgan fingerprint density at radius 3 is 0.467 bits per heavy atom. The summed E-state index contributed by atoms with van der Waals surface area (Å²) in [5.74, 6) is -8.19. The Balaban J connectivity index is 2.97. The van der Waals surface area contributed by atoms with E-state index in [1.165, 1.54) is 0 Å². The number of hydrogen-bond acceptors (Lipinski definition) is 6. The highest BCUT2D eigenvalue weighted by Gasteiger charge is 2.47. The molecule has 0 spiro atoms. The molecule has 1 fully saturated rings. The monoisotopic (exact) mass is 642 g/mol. The van der Waals surface area contributed by atoms with Crippen LogP contribution in [0.4, 0.5) is 0 Å². The molecular weight excluding hydrogens is 588 g/mol. The number of rotatable bonds is 6. The predicted octanol–water partition coefficient (Wildman–Crippen LogP) is 6.83. The van der Waals surface area contributed by atoms with Crippen molar-refractivity contribution in [1.29, 1.82) is 0 Å². The van der Waals surface area contributed by atoms with E-state index in [1.807, 2.05) is 0 Å². The maximum atomic E-state index is 12.1. The van der Waals surface area contributed by atoms with Crippen molar-refractivity contribution < 1.29 is 59.4 Å². The van der Waals surface area contributed by atoms with Gasteiger partial charge in [-0.05, 0) is 38.5 Å². The smallest absolute Gasteiger partial charge is 0.321 e. The van der Waals surface area contributed by atoms with Crippen LogP contribution < -0.4 is 0 Å². The molecule has 0 aliphatic heterocycles. The number of carboxylic acid groups (broad SMARTS) is 6. The zero-order chi connectivity index (χ0) is 33.9. The summed E-state index contributed by atoms with van der Waals surface area (Å²) in [7, 11) is 0. The average Bonchev–Trinajstić information content (AvgIpc) is 2.96. The highest BCUT2D eigenvalue weighted by Crippen LogP contribution is 2.36. The van der Waals surface area contributed by atoms with Crippen LogP contribution in [-0.4, -0.2) is 66.5 Å². The van der Waals surface area contributed by atoms with E-state index < -0.39 is 52.1 Å². The topological polar surface area (TPSA) is 224 Å². The number of hydrogen-bond donors (Lipinski definition) is 6. The first-order valence-corrected chi connectivity index (χ1v) is 16.7. The van der Waals surface area contributed by atoms with Crippen LogP contribution in [0.15, 0.2) is 0 Å². The number of carbonyl (C=O) groups is 6. The quantitative estimate of drug-likeness (QED) is 0.164. The lowest BCUT2D eigenvalue weighted by Gasteiger charge is -2.25. The van der Waals surface area contributed by atoms with Crippen molar-refractivity contribution in [3.05, 3.63) is 0 Å². The van der Waals surface area contributed by atoms with Gasteiger partial charge in [0.2, 0.25) is 0 Å². The van der Waals surface area contributed by atoms with Gasteiger partial charge in [0, 0.05) is 0 Å². The normalized spacial score (nSPS) is 22.1. The van der Waals surface area contributed by atoms with E-state index in [0.717, 1.165) is 0 Å². The second kappa shape index (κ2) is 20.0. The molecule has 0 saturated heterocycles. The molecule has 0 amide bonds. The molecule has 0 unspecified atom stereocenters. The summed E-state index contributed by atoms with van der Waals surface area (Å²) < 4.78 is 0. The van der Waals surface area contributed by atoms with E-state index in [1.54, 1.807) is 0 Å². The Kier molecular flexibility index (Phi) is 17.8. The number of carboxylic acids is 6. The van der Waals surface area contributed by atoms with Crippen molar-refractivity contribution in [3.8, 4) is 0 Å². The van der Waals surface area contributed by atoms with E-state index >= 15 is 0 Å². The Morgan fingerprint density at radius 1 is 0.244 bits per heavy atom. The molecule has 6 N–H and O–H groups in total. The first-order valence-electron chi connectivity index (χ1n) is 16.7. The van der Waals surface area contributed by atoms with Crippen LogP contribution in [0.25, 0.3) is 0 Å². The minimum Gasteiger partial charge on any atom is -0.480 e. The fourth-order valence-electron chi connectivity index (χ4n) is 6.61. The molecule has 0 aromatic heterocycles. The largest absolute Gasteiger partial charge is 0.480 e. The molecule has 0 radical (unpaired) electrons. The zero-order valence-electron chi connectivity index (χ0n) is 26.6. The molecule has 1 aliphatic rings. The predicted molar refractivity (Wildman–Crippen MR) is 164 cm³/mol. The highest BCUT2D eigenvalue weighted by atomic mass is 16.4. The van der Waals surface area contributed by atoms with Crippen molar-refractivity contribution in [2.75, 3.05) is 0 Å². The molecule has 0 bridgehead atoms. The molecule has 1 rings (SSSR count). The fourth-order valence-corrected chi connectivity index (χ4v) is 6.61. The molecule has 45 heavy (non-hydrogen) atoms. The summed E-state index contributed by atoms with van der Waals surface area (Å²) >= 11 is 0. The van der Waals surface area contributed by atoms with Gasteiger partial charge in [0.05, 0.1) is 0 Å². The third-order valence-corrected chi connectivity index (χ3v) is 9.83. The first kappa shape index (κ1) is 39.8. The van der Waals surface area contributed by atoms with Gasteiger partial charge in [0.1, 0.15) is 0 Å². The average molecular weight is 643 g/mol. The minimum absolute atomic E-state index is 0.00867. The summed E-state index contributed by atoms with van der Waals surface area (Å²) in [5.41, 5.74) is -5.64. The molecule has 0 atom stereocenters. The van der Waals surface area contributed by atoms with E-state index in [2.05, 4.69) is 0 Å². The molecule has 258 valence electrons. The van der Waals surface area contributed by atoms with Crippen molar-refractivity contribution in [2.24, 2.45) is 16.2 Å². The van der Waals surface area contributed by atoms with Crippen molar-refractivity contribution in [3.63, 3.8) is 0 Å². The second-order valence-electron chi connectivity index (χ2n) is 12.9. The third kappa shape index (κ3) is 11.9. The SMILES string of the molecule is O=C(O)C1(C(=O)O)CCCCCCCCC(C(=O)O)(C(=O)O)CCCCCCCCC(C(=O)O)(C(=O)O)CCCCCCCC1. The van der Waals surface area contributed by atoms with Gasteiger partial charge < -0.3 is 30.6 Å². The van der Waals surface area contributed by atoms with Gasteiger partial charge >= 0.3 is 35.8 Å². The van der Waals surface area contributed by atoms with Crippen LogP contribution >= 0.6 is 0 Å². The van der Waals surface area contributed by atoms with Gasteiger partial charge in [-0.2, -0.15) is 0 Å². The molecular formula is C33H54O12. The van der Waals surface area contributed by atoms with Gasteiger partial charge in [0.15, 0.2) is 16.2 Å². The van der Waals surface area contributed by atoms with Crippen LogP contribution in [0.3, 0.4) is 0 Å². The number of aliphatic carboxylic acids is 6. The lowest BCUT2D eigenvalue weighted by molar-refractivity contribution is -0.168. The molecule has 0 aromatic carbocycles. The maximum absolute atomic E-state index is 12.1. The molecule has 12 heteroatoms. The van der Waals surface area contributed by atoms with Gasteiger partial charge in [-0.1, -0.05) is 116 Å². The van der Waals surface area contributed by atoms with Gasteiger partial charge in [-0.15, -0.1) is 0 Å².